The van der Waals surface area contributed by atoms with E-state index in [4.69, 9.17) is 4.74 Å². The van der Waals surface area contributed by atoms with E-state index in [9.17, 15) is 0 Å². The van der Waals surface area contributed by atoms with Crippen LogP contribution in [0.3, 0.4) is 0 Å². The molecule has 1 atom stereocenters. The lowest BCUT2D eigenvalue weighted by atomic mass is 10.3. The highest BCUT2D eigenvalue weighted by atomic mass is 16.5. The predicted molar refractivity (Wildman–Crippen MR) is 65.7 cm³/mol. The lowest BCUT2D eigenvalue weighted by molar-refractivity contribution is 0.144. The zero-order chi connectivity index (χ0) is 11.8. The molecule has 92 valence electrons. The maximum Gasteiger partial charge on any atom is 0.105 e. The summed E-state index contributed by atoms with van der Waals surface area (Å²) in [6.07, 6.45) is 4.95. The van der Waals surface area contributed by atoms with Crippen LogP contribution in [-0.4, -0.2) is 35.9 Å². The molecule has 16 heavy (non-hydrogen) atoms. The van der Waals surface area contributed by atoms with Gasteiger partial charge in [0.1, 0.15) is 5.82 Å². The number of rotatable bonds is 8. The molecule has 4 nitrogen and oxygen atoms in total. The van der Waals surface area contributed by atoms with Crippen molar-refractivity contribution in [2.45, 2.75) is 33.2 Å². The summed E-state index contributed by atoms with van der Waals surface area (Å²) >= 11 is 0. The fourth-order valence-corrected chi connectivity index (χ4v) is 1.71. The van der Waals surface area contributed by atoms with E-state index in [0.29, 0.717) is 6.04 Å². The molecule has 0 aliphatic carbocycles. The van der Waals surface area contributed by atoms with Gasteiger partial charge >= 0.3 is 0 Å². The first kappa shape index (κ1) is 13.2. The van der Waals surface area contributed by atoms with E-state index >= 15 is 0 Å². The lowest BCUT2D eigenvalue weighted by Gasteiger charge is -2.15. The number of nitrogens with one attached hydrogen (secondary N) is 1. The maximum absolute atomic E-state index is 5.28. The van der Waals surface area contributed by atoms with Gasteiger partial charge in [-0.05, 0) is 33.7 Å². The number of aryl methyl sites for hydroxylation is 1. The van der Waals surface area contributed by atoms with E-state index in [1.54, 1.807) is 0 Å². The minimum Gasteiger partial charge on any atom is -0.382 e. The van der Waals surface area contributed by atoms with E-state index in [1.807, 2.05) is 26.2 Å². The van der Waals surface area contributed by atoms with Crippen LogP contribution < -0.4 is 5.32 Å². The summed E-state index contributed by atoms with van der Waals surface area (Å²) in [6.45, 7) is 9.90. The summed E-state index contributed by atoms with van der Waals surface area (Å²) in [5.74, 6) is 1.07. The van der Waals surface area contributed by atoms with E-state index in [2.05, 4.69) is 21.8 Å². The molecule has 0 spiro atoms. The number of hydrogen-bond donors (Lipinski definition) is 1. The molecule has 4 heteroatoms. The topological polar surface area (TPSA) is 39.1 Å². The molecule has 0 amide bonds. The number of imidazole rings is 1. The monoisotopic (exact) mass is 225 g/mol. The second-order valence-corrected chi connectivity index (χ2v) is 3.99. The summed E-state index contributed by atoms with van der Waals surface area (Å²) in [6, 6.07) is 0.453. The minimum absolute atomic E-state index is 0.453. The largest absolute Gasteiger partial charge is 0.382 e. The Bertz CT molecular complexity index is 286. The van der Waals surface area contributed by atoms with Crippen molar-refractivity contribution in [2.75, 3.05) is 26.3 Å². The Morgan fingerprint density at radius 3 is 3.00 bits per heavy atom. The van der Waals surface area contributed by atoms with Crippen LogP contribution in [0.25, 0.3) is 0 Å². The van der Waals surface area contributed by atoms with E-state index < -0.39 is 0 Å². The highest BCUT2D eigenvalue weighted by Crippen LogP contribution is 2.06. The number of hydrogen-bond acceptors (Lipinski definition) is 3. The summed E-state index contributed by atoms with van der Waals surface area (Å²) < 4.78 is 7.47. The molecule has 0 aromatic carbocycles. The Morgan fingerprint density at radius 1 is 1.56 bits per heavy atom. The minimum atomic E-state index is 0.453. The molecule has 0 radical (unpaired) electrons. The molecule has 0 aliphatic rings. The van der Waals surface area contributed by atoms with Gasteiger partial charge in [-0.1, -0.05) is 0 Å². The third-order valence-electron chi connectivity index (χ3n) is 2.62. The fourth-order valence-electron chi connectivity index (χ4n) is 1.71. The van der Waals surface area contributed by atoms with Crippen LogP contribution in [0.15, 0.2) is 12.4 Å². The smallest absolute Gasteiger partial charge is 0.105 e. The molecular weight excluding hydrogens is 202 g/mol. The summed E-state index contributed by atoms with van der Waals surface area (Å²) in [7, 11) is 0. The van der Waals surface area contributed by atoms with Gasteiger partial charge in [-0.15, -0.1) is 0 Å². The van der Waals surface area contributed by atoms with E-state index in [0.717, 1.165) is 38.5 Å². The average Bonchev–Trinajstić information content (AvgIpc) is 2.69. The van der Waals surface area contributed by atoms with Gasteiger partial charge in [-0.3, -0.25) is 0 Å². The van der Waals surface area contributed by atoms with Gasteiger partial charge in [-0.2, -0.15) is 0 Å². The molecular formula is C12H23N3O. The fraction of sp³-hybridized carbons (Fsp3) is 0.750. The van der Waals surface area contributed by atoms with Crippen LogP contribution >= 0.6 is 0 Å². The highest BCUT2D eigenvalue weighted by molar-refractivity contribution is 4.91. The third kappa shape index (κ3) is 4.33. The molecule has 1 N–H and O–H groups in total. The zero-order valence-corrected chi connectivity index (χ0v) is 10.6. The Kier molecular flexibility index (Phi) is 6.11. The van der Waals surface area contributed by atoms with Crippen LogP contribution in [0.2, 0.25) is 0 Å². The number of ether oxygens (including phenoxy) is 1. The molecule has 0 fully saturated rings. The SMILES string of the molecule is CCOCCCNCC(C)n1ccnc1C. The van der Waals surface area contributed by atoms with Gasteiger partial charge in [0.05, 0.1) is 0 Å². The summed E-state index contributed by atoms with van der Waals surface area (Å²) in [5.41, 5.74) is 0. The lowest BCUT2D eigenvalue weighted by Crippen LogP contribution is -2.25. The molecule has 0 aliphatic heterocycles. The first-order valence-corrected chi connectivity index (χ1v) is 6.03. The summed E-state index contributed by atoms with van der Waals surface area (Å²) in [4.78, 5) is 4.22. The van der Waals surface area contributed by atoms with Crippen molar-refractivity contribution in [3.05, 3.63) is 18.2 Å². The van der Waals surface area contributed by atoms with Gasteiger partial charge in [-0.25, -0.2) is 4.98 Å². The highest BCUT2D eigenvalue weighted by Gasteiger charge is 2.05. The standard InChI is InChI=1S/C12H23N3O/c1-4-16-9-5-6-13-10-11(2)15-8-7-14-12(15)3/h7-8,11,13H,4-6,9-10H2,1-3H3. The average molecular weight is 225 g/mol. The predicted octanol–water partition coefficient (Wildman–Crippen LogP) is 1.77. The normalized spacial score (nSPS) is 12.9. The Labute approximate surface area is 98.0 Å². The Hall–Kier alpha value is -0.870. The van der Waals surface area contributed by atoms with Crippen LogP contribution in [-0.2, 0) is 4.74 Å². The Morgan fingerprint density at radius 2 is 2.38 bits per heavy atom. The molecule has 1 aromatic rings. The van der Waals surface area contributed by atoms with Crippen molar-refractivity contribution in [3.8, 4) is 0 Å². The van der Waals surface area contributed by atoms with Crippen molar-refractivity contribution >= 4 is 0 Å². The van der Waals surface area contributed by atoms with Gasteiger partial charge < -0.3 is 14.6 Å². The second kappa shape index (κ2) is 7.41. The Balaban J connectivity index is 2.11. The molecule has 1 unspecified atom stereocenters. The van der Waals surface area contributed by atoms with Crippen LogP contribution in [0, 0.1) is 6.92 Å². The van der Waals surface area contributed by atoms with E-state index in [1.165, 1.54) is 0 Å². The first-order valence-electron chi connectivity index (χ1n) is 6.03. The van der Waals surface area contributed by atoms with Crippen molar-refractivity contribution in [3.63, 3.8) is 0 Å². The van der Waals surface area contributed by atoms with Crippen molar-refractivity contribution in [2.24, 2.45) is 0 Å². The van der Waals surface area contributed by atoms with E-state index in [-0.39, 0.29) is 0 Å². The van der Waals surface area contributed by atoms with Crippen molar-refractivity contribution in [1.82, 2.24) is 14.9 Å². The molecule has 0 saturated heterocycles. The molecule has 1 aromatic heterocycles. The van der Waals surface area contributed by atoms with Gasteiger partial charge in [0.2, 0.25) is 0 Å². The van der Waals surface area contributed by atoms with Crippen molar-refractivity contribution < 1.29 is 4.74 Å². The quantitative estimate of drug-likeness (QED) is 0.685. The van der Waals surface area contributed by atoms with Gasteiger partial charge in [0, 0.05) is 38.2 Å². The zero-order valence-electron chi connectivity index (χ0n) is 10.6. The van der Waals surface area contributed by atoms with Crippen molar-refractivity contribution in [1.29, 1.82) is 0 Å². The molecule has 1 heterocycles. The molecule has 1 rings (SSSR count). The molecule has 0 saturated carbocycles. The summed E-state index contributed by atoms with van der Waals surface area (Å²) in [5, 5.41) is 3.43. The second-order valence-electron chi connectivity index (χ2n) is 3.99. The van der Waals surface area contributed by atoms with Gasteiger partial charge in [0.25, 0.3) is 0 Å². The third-order valence-corrected chi connectivity index (χ3v) is 2.62. The number of nitrogens with zero attached hydrogens (tertiary/aromatic N) is 2. The van der Waals surface area contributed by atoms with Crippen LogP contribution in [0.5, 0.6) is 0 Å². The first-order chi connectivity index (χ1) is 7.75. The molecule has 0 bridgehead atoms. The number of aromatic nitrogens is 2. The van der Waals surface area contributed by atoms with Crippen LogP contribution in [0.4, 0.5) is 0 Å². The maximum atomic E-state index is 5.28. The van der Waals surface area contributed by atoms with Gasteiger partial charge in [0.15, 0.2) is 0 Å². The van der Waals surface area contributed by atoms with Crippen LogP contribution in [0.1, 0.15) is 32.1 Å².